The van der Waals surface area contributed by atoms with Crippen molar-refractivity contribution < 1.29 is 19.2 Å². The van der Waals surface area contributed by atoms with Gasteiger partial charge < -0.3 is 14.3 Å². The molecule has 172 valence electrons. The SMILES string of the molecule is CCOc1cc(/C=N\OCc2cccc([N+](=O)[O-])c2)cc(Cl)c1OCc1ccc(Cl)cc1Cl. The maximum Gasteiger partial charge on any atom is 0.269 e. The Morgan fingerprint density at radius 2 is 1.82 bits per heavy atom. The molecule has 3 rings (SSSR count). The standard InChI is InChI=1S/C23H19Cl3N2O5/c1-2-31-22-10-16(12-27-33-13-15-4-3-5-19(8-15)28(29)30)9-21(26)23(22)32-14-17-6-7-18(24)11-20(17)25/h3-12H,2,13-14H2,1H3/b27-12-. The highest BCUT2D eigenvalue weighted by atomic mass is 35.5. The van der Waals surface area contributed by atoms with Gasteiger partial charge in [0.25, 0.3) is 5.69 Å². The number of halogens is 3. The van der Waals surface area contributed by atoms with E-state index in [0.717, 1.165) is 5.56 Å². The van der Waals surface area contributed by atoms with Gasteiger partial charge in [0, 0.05) is 33.3 Å². The van der Waals surface area contributed by atoms with E-state index in [0.29, 0.717) is 44.3 Å². The molecule has 3 aromatic rings. The van der Waals surface area contributed by atoms with Crippen molar-refractivity contribution in [2.75, 3.05) is 6.61 Å². The van der Waals surface area contributed by atoms with Crippen LogP contribution in [0.4, 0.5) is 5.69 Å². The number of nitro benzene ring substituents is 1. The van der Waals surface area contributed by atoms with Gasteiger partial charge in [0.15, 0.2) is 11.5 Å². The number of benzene rings is 3. The molecule has 0 saturated carbocycles. The molecule has 0 radical (unpaired) electrons. The maximum atomic E-state index is 10.9. The smallest absolute Gasteiger partial charge is 0.269 e. The summed E-state index contributed by atoms with van der Waals surface area (Å²) < 4.78 is 11.6. The van der Waals surface area contributed by atoms with Gasteiger partial charge in [0.2, 0.25) is 0 Å². The first-order valence-corrected chi connectivity index (χ1v) is 10.9. The van der Waals surface area contributed by atoms with Gasteiger partial charge in [-0.25, -0.2) is 0 Å². The number of rotatable bonds is 10. The van der Waals surface area contributed by atoms with Crippen molar-refractivity contribution in [3.8, 4) is 11.5 Å². The fraction of sp³-hybridized carbons (Fsp3) is 0.174. The van der Waals surface area contributed by atoms with E-state index >= 15 is 0 Å². The molecule has 0 amide bonds. The largest absolute Gasteiger partial charge is 0.490 e. The van der Waals surface area contributed by atoms with Crippen LogP contribution in [0.15, 0.2) is 59.8 Å². The van der Waals surface area contributed by atoms with E-state index in [9.17, 15) is 10.1 Å². The summed E-state index contributed by atoms with van der Waals surface area (Å²) in [5, 5.41) is 16.1. The van der Waals surface area contributed by atoms with Crippen molar-refractivity contribution in [1.82, 2.24) is 0 Å². The number of hydrogen-bond donors (Lipinski definition) is 0. The molecule has 0 N–H and O–H groups in total. The Labute approximate surface area is 205 Å². The van der Waals surface area contributed by atoms with Crippen LogP contribution in [0.5, 0.6) is 11.5 Å². The van der Waals surface area contributed by atoms with Crippen LogP contribution in [0.1, 0.15) is 23.6 Å². The first-order valence-electron chi connectivity index (χ1n) is 9.79. The van der Waals surface area contributed by atoms with Crippen molar-refractivity contribution in [2.45, 2.75) is 20.1 Å². The first kappa shape index (κ1) is 24.6. The molecule has 0 bridgehead atoms. The summed E-state index contributed by atoms with van der Waals surface area (Å²) in [6.07, 6.45) is 1.46. The lowest BCUT2D eigenvalue weighted by molar-refractivity contribution is -0.384. The van der Waals surface area contributed by atoms with Crippen molar-refractivity contribution in [2.24, 2.45) is 5.16 Å². The Bertz CT molecular complexity index is 1170. The molecule has 0 fully saturated rings. The van der Waals surface area contributed by atoms with Gasteiger partial charge in [-0.1, -0.05) is 58.2 Å². The molecule has 10 heteroatoms. The average molecular weight is 510 g/mol. The molecule has 3 aromatic carbocycles. The minimum atomic E-state index is -0.464. The van der Waals surface area contributed by atoms with Crippen LogP contribution in [0.25, 0.3) is 0 Å². The number of nitrogens with zero attached hydrogens (tertiary/aromatic N) is 2. The van der Waals surface area contributed by atoms with Crippen molar-refractivity contribution in [3.05, 3.63) is 96.5 Å². The van der Waals surface area contributed by atoms with Crippen LogP contribution in [0.2, 0.25) is 15.1 Å². The predicted molar refractivity (Wildman–Crippen MR) is 129 cm³/mol. The van der Waals surface area contributed by atoms with Crippen molar-refractivity contribution in [1.29, 1.82) is 0 Å². The van der Waals surface area contributed by atoms with E-state index in [4.69, 9.17) is 49.1 Å². The second kappa shape index (κ2) is 11.7. The zero-order valence-corrected chi connectivity index (χ0v) is 19.7. The highest BCUT2D eigenvalue weighted by molar-refractivity contribution is 6.35. The van der Waals surface area contributed by atoms with Crippen LogP contribution in [0, 0.1) is 10.1 Å². The van der Waals surface area contributed by atoms with Crippen LogP contribution in [0.3, 0.4) is 0 Å². The molecule has 0 aliphatic carbocycles. The zero-order valence-electron chi connectivity index (χ0n) is 17.5. The molecule has 0 spiro atoms. The molecule has 33 heavy (non-hydrogen) atoms. The molecule has 0 aliphatic rings. The Kier molecular flexibility index (Phi) is 8.77. The van der Waals surface area contributed by atoms with E-state index < -0.39 is 4.92 Å². The topological polar surface area (TPSA) is 83.2 Å². The highest BCUT2D eigenvalue weighted by Crippen LogP contribution is 2.37. The fourth-order valence-corrected chi connectivity index (χ4v) is 3.56. The Hall–Kier alpha value is -3.00. The second-order valence-electron chi connectivity index (χ2n) is 6.72. The van der Waals surface area contributed by atoms with Gasteiger partial charge in [-0.05, 0) is 36.8 Å². The summed E-state index contributed by atoms with van der Waals surface area (Å²) in [6.45, 7) is 2.50. The summed E-state index contributed by atoms with van der Waals surface area (Å²) in [5.41, 5.74) is 1.99. The molecule has 7 nitrogen and oxygen atoms in total. The van der Waals surface area contributed by atoms with Crippen LogP contribution < -0.4 is 9.47 Å². The third kappa shape index (κ3) is 6.99. The Morgan fingerprint density at radius 1 is 1.00 bits per heavy atom. The number of hydrogen-bond acceptors (Lipinski definition) is 6. The third-order valence-corrected chi connectivity index (χ3v) is 5.22. The van der Waals surface area contributed by atoms with Gasteiger partial charge in [-0.2, -0.15) is 0 Å². The summed E-state index contributed by atoms with van der Waals surface area (Å²) in [4.78, 5) is 15.7. The summed E-state index contributed by atoms with van der Waals surface area (Å²) >= 11 is 18.6. The lowest BCUT2D eigenvalue weighted by atomic mass is 10.2. The number of oxime groups is 1. The Morgan fingerprint density at radius 3 is 2.55 bits per heavy atom. The van der Waals surface area contributed by atoms with E-state index in [-0.39, 0.29) is 18.9 Å². The predicted octanol–water partition coefficient (Wildman–Crippen LogP) is 7.08. The van der Waals surface area contributed by atoms with E-state index in [1.54, 1.807) is 42.5 Å². The first-order chi connectivity index (χ1) is 15.9. The molecule has 0 unspecified atom stereocenters. The van der Waals surface area contributed by atoms with Gasteiger partial charge in [-0.15, -0.1) is 0 Å². The molecular weight excluding hydrogens is 491 g/mol. The second-order valence-corrected chi connectivity index (χ2v) is 7.97. The van der Waals surface area contributed by atoms with Crippen LogP contribution in [-0.2, 0) is 18.1 Å². The molecule has 0 heterocycles. The monoisotopic (exact) mass is 508 g/mol. The number of non-ortho nitro benzene ring substituents is 1. The zero-order chi connectivity index (χ0) is 23.8. The fourth-order valence-electron chi connectivity index (χ4n) is 2.82. The van der Waals surface area contributed by atoms with Crippen LogP contribution >= 0.6 is 34.8 Å². The molecule has 0 aromatic heterocycles. The normalized spacial score (nSPS) is 10.9. The molecular formula is C23H19Cl3N2O5. The van der Waals surface area contributed by atoms with Gasteiger partial charge in [0.05, 0.1) is 22.8 Å². The Balaban J connectivity index is 1.69. The highest BCUT2D eigenvalue weighted by Gasteiger charge is 2.14. The van der Waals surface area contributed by atoms with Crippen molar-refractivity contribution in [3.63, 3.8) is 0 Å². The molecule has 0 atom stereocenters. The lowest BCUT2D eigenvalue weighted by Gasteiger charge is -2.15. The number of nitro groups is 1. The molecule has 0 saturated heterocycles. The number of ether oxygens (including phenoxy) is 2. The van der Waals surface area contributed by atoms with E-state index in [1.807, 2.05) is 6.92 Å². The lowest BCUT2D eigenvalue weighted by Crippen LogP contribution is -2.02. The summed E-state index contributed by atoms with van der Waals surface area (Å²) in [5.74, 6) is 0.814. The van der Waals surface area contributed by atoms with E-state index in [2.05, 4.69) is 5.16 Å². The van der Waals surface area contributed by atoms with Gasteiger partial charge >= 0.3 is 0 Å². The van der Waals surface area contributed by atoms with Gasteiger partial charge in [0.1, 0.15) is 13.2 Å². The van der Waals surface area contributed by atoms with Crippen molar-refractivity contribution >= 4 is 46.7 Å². The minimum absolute atomic E-state index is 0.0105. The van der Waals surface area contributed by atoms with E-state index in [1.165, 1.54) is 18.3 Å². The average Bonchev–Trinajstić information content (AvgIpc) is 2.78. The quantitative estimate of drug-likeness (QED) is 0.166. The minimum Gasteiger partial charge on any atom is -0.490 e. The third-order valence-electron chi connectivity index (χ3n) is 4.35. The van der Waals surface area contributed by atoms with Gasteiger partial charge in [-0.3, -0.25) is 10.1 Å². The molecule has 0 aliphatic heterocycles. The summed E-state index contributed by atoms with van der Waals surface area (Å²) in [6, 6.07) is 14.7. The maximum absolute atomic E-state index is 10.9. The summed E-state index contributed by atoms with van der Waals surface area (Å²) in [7, 11) is 0. The van der Waals surface area contributed by atoms with Crippen LogP contribution in [-0.4, -0.2) is 17.7 Å².